The number of hydrogen-bond acceptors (Lipinski definition) is 6. The van der Waals surface area contributed by atoms with E-state index < -0.39 is 40.2 Å². The molecule has 1 atom stereocenters. The quantitative estimate of drug-likeness (QED) is 0.292. The fraction of sp³-hybridized carbons (Fsp3) is 0.333. The molecule has 0 bridgehead atoms. The Morgan fingerprint density at radius 2 is 1.55 bits per heavy atom. The molecule has 0 radical (unpaired) electrons. The molecule has 226 valence electrons. The number of nitrogens with zero attached hydrogens (tertiary/aromatic N) is 2. The number of ether oxygens (including phenoxy) is 2. The van der Waals surface area contributed by atoms with Crippen LogP contribution in [0.4, 0.5) is 10.1 Å². The summed E-state index contributed by atoms with van der Waals surface area (Å²) in [7, 11) is -1.53. The zero-order chi connectivity index (χ0) is 31.0. The normalized spacial score (nSPS) is 12.0. The van der Waals surface area contributed by atoms with Gasteiger partial charge in [-0.1, -0.05) is 37.6 Å². The Morgan fingerprint density at radius 1 is 0.929 bits per heavy atom. The Morgan fingerprint density at radius 3 is 2.12 bits per heavy atom. The number of hydrogen-bond donors (Lipinski definition) is 1. The summed E-state index contributed by atoms with van der Waals surface area (Å²) in [5.74, 6) is -0.805. The number of sulfonamides is 1. The SMILES string of the molecule is COc1ccc(S(=O)(=O)N(CC(=O)N(Cc2ccc(F)cc2)[C@@H](C)C(=O)NCC(C)C)c2ccc(Cl)cc2)cc1OC. The zero-order valence-electron chi connectivity index (χ0n) is 24.1. The molecule has 0 unspecified atom stereocenters. The van der Waals surface area contributed by atoms with Crippen LogP contribution < -0.4 is 19.1 Å². The van der Waals surface area contributed by atoms with E-state index in [9.17, 15) is 22.4 Å². The lowest BCUT2D eigenvalue weighted by Gasteiger charge is -2.32. The molecule has 9 nitrogen and oxygen atoms in total. The van der Waals surface area contributed by atoms with Gasteiger partial charge in [-0.05, 0) is 66.9 Å². The molecule has 0 saturated heterocycles. The lowest BCUT2D eigenvalue weighted by Crippen LogP contribution is -2.51. The Balaban J connectivity index is 2.04. The van der Waals surface area contributed by atoms with Crippen LogP contribution in [0.25, 0.3) is 0 Å². The molecule has 42 heavy (non-hydrogen) atoms. The number of anilines is 1. The third kappa shape index (κ3) is 8.13. The summed E-state index contributed by atoms with van der Waals surface area (Å²) < 4.78 is 53.1. The second-order valence-electron chi connectivity index (χ2n) is 9.97. The van der Waals surface area contributed by atoms with Gasteiger partial charge in [0.1, 0.15) is 18.4 Å². The molecule has 1 N–H and O–H groups in total. The summed E-state index contributed by atoms with van der Waals surface area (Å²) in [4.78, 5) is 28.1. The van der Waals surface area contributed by atoms with Gasteiger partial charge in [0.25, 0.3) is 10.0 Å². The van der Waals surface area contributed by atoms with Gasteiger partial charge < -0.3 is 19.7 Å². The molecule has 0 saturated carbocycles. The minimum absolute atomic E-state index is 0.0553. The third-order valence-corrected chi connectivity index (χ3v) is 8.48. The van der Waals surface area contributed by atoms with Gasteiger partial charge in [-0.15, -0.1) is 0 Å². The van der Waals surface area contributed by atoms with Crippen LogP contribution in [0.2, 0.25) is 5.02 Å². The fourth-order valence-corrected chi connectivity index (χ4v) is 5.62. The standard InChI is InChI=1S/C30H35ClFN3O6S/c1-20(2)17-33-30(37)21(3)34(18-22-6-10-24(32)11-7-22)29(36)19-35(25-12-8-23(31)9-13-25)42(38,39)26-14-15-27(40-4)28(16-26)41-5/h6-16,20-21H,17-19H2,1-5H3,(H,33,37)/t21-/m0/s1. The Bertz CT molecular complexity index is 1480. The van der Waals surface area contributed by atoms with Gasteiger partial charge in [0.15, 0.2) is 11.5 Å². The summed E-state index contributed by atoms with van der Waals surface area (Å²) >= 11 is 6.06. The molecule has 2 amide bonds. The number of nitrogens with one attached hydrogen (secondary N) is 1. The predicted octanol–water partition coefficient (Wildman–Crippen LogP) is 4.88. The first-order valence-electron chi connectivity index (χ1n) is 13.2. The summed E-state index contributed by atoms with van der Waals surface area (Å²) in [5.41, 5.74) is 0.746. The first kappa shape index (κ1) is 32.7. The van der Waals surface area contributed by atoms with Crippen molar-refractivity contribution in [2.45, 2.75) is 38.3 Å². The molecule has 0 heterocycles. The molecule has 0 fully saturated rings. The van der Waals surface area contributed by atoms with E-state index in [1.807, 2.05) is 13.8 Å². The van der Waals surface area contributed by atoms with E-state index in [1.54, 1.807) is 6.92 Å². The van der Waals surface area contributed by atoms with Crippen molar-refractivity contribution < 1.29 is 31.9 Å². The number of carbonyl (C=O) groups is 2. The van der Waals surface area contributed by atoms with Crippen molar-refractivity contribution in [2.75, 3.05) is 31.6 Å². The van der Waals surface area contributed by atoms with Crippen LogP contribution in [0.5, 0.6) is 11.5 Å². The lowest BCUT2D eigenvalue weighted by molar-refractivity contribution is -0.139. The van der Waals surface area contributed by atoms with Crippen LogP contribution in [0.3, 0.4) is 0 Å². The maximum Gasteiger partial charge on any atom is 0.264 e. The molecule has 3 aromatic carbocycles. The highest BCUT2D eigenvalue weighted by atomic mass is 35.5. The molecule has 0 aliphatic carbocycles. The minimum atomic E-state index is -4.34. The monoisotopic (exact) mass is 619 g/mol. The Labute approximate surface area is 251 Å². The van der Waals surface area contributed by atoms with Crippen molar-refractivity contribution >= 4 is 39.1 Å². The van der Waals surface area contributed by atoms with E-state index in [2.05, 4.69) is 5.32 Å². The highest BCUT2D eigenvalue weighted by Crippen LogP contribution is 2.32. The van der Waals surface area contributed by atoms with Gasteiger partial charge >= 0.3 is 0 Å². The molecule has 12 heteroatoms. The minimum Gasteiger partial charge on any atom is -0.493 e. The van der Waals surface area contributed by atoms with Crippen LogP contribution in [-0.2, 0) is 26.2 Å². The van der Waals surface area contributed by atoms with Crippen molar-refractivity contribution in [3.05, 3.63) is 83.1 Å². The number of halogens is 2. The van der Waals surface area contributed by atoms with E-state index in [-0.39, 0.29) is 28.8 Å². The van der Waals surface area contributed by atoms with E-state index in [0.29, 0.717) is 22.9 Å². The van der Waals surface area contributed by atoms with E-state index in [1.165, 1.54) is 85.8 Å². The van der Waals surface area contributed by atoms with Gasteiger partial charge in [-0.2, -0.15) is 0 Å². The van der Waals surface area contributed by atoms with Crippen LogP contribution in [0, 0.1) is 11.7 Å². The highest BCUT2D eigenvalue weighted by molar-refractivity contribution is 7.92. The van der Waals surface area contributed by atoms with Gasteiger partial charge in [0, 0.05) is 24.2 Å². The van der Waals surface area contributed by atoms with Crippen LogP contribution in [-0.4, -0.2) is 58.5 Å². The lowest BCUT2D eigenvalue weighted by atomic mass is 10.1. The maximum absolute atomic E-state index is 14.0. The van der Waals surface area contributed by atoms with E-state index in [4.69, 9.17) is 21.1 Å². The number of rotatable bonds is 13. The molecule has 3 rings (SSSR count). The largest absolute Gasteiger partial charge is 0.493 e. The maximum atomic E-state index is 14.0. The first-order valence-corrected chi connectivity index (χ1v) is 15.0. The Hall–Kier alpha value is -3.83. The predicted molar refractivity (Wildman–Crippen MR) is 160 cm³/mol. The first-order chi connectivity index (χ1) is 19.9. The molecule has 0 aromatic heterocycles. The molecular formula is C30H35ClFN3O6S. The topological polar surface area (TPSA) is 105 Å². The summed E-state index contributed by atoms with van der Waals surface area (Å²) in [6.45, 7) is 5.14. The van der Waals surface area contributed by atoms with Gasteiger partial charge in [0.05, 0.1) is 24.8 Å². The average Bonchev–Trinajstić information content (AvgIpc) is 2.97. The van der Waals surface area contributed by atoms with E-state index in [0.717, 1.165) is 4.31 Å². The number of methoxy groups -OCH3 is 2. The summed E-state index contributed by atoms with van der Waals surface area (Å²) in [5, 5.41) is 3.19. The van der Waals surface area contributed by atoms with Crippen molar-refractivity contribution in [3.63, 3.8) is 0 Å². The smallest absolute Gasteiger partial charge is 0.264 e. The molecule has 0 aliphatic rings. The van der Waals surface area contributed by atoms with Gasteiger partial charge in [-0.25, -0.2) is 12.8 Å². The highest BCUT2D eigenvalue weighted by Gasteiger charge is 2.33. The number of carbonyl (C=O) groups excluding carboxylic acids is 2. The second-order valence-corrected chi connectivity index (χ2v) is 12.3. The van der Waals surface area contributed by atoms with Gasteiger partial charge in [-0.3, -0.25) is 13.9 Å². The van der Waals surface area contributed by atoms with Gasteiger partial charge in [0.2, 0.25) is 11.8 Å². The zero-order valence-corrected chi connectivity index (χ0v) is 25.7. The van der Waals surface area contributed by atoms with Crippen LogP contribution >= 0.6 is 11.6 Å². The van der Waals surface area contributed by atoms with Crippen molar-refractivity contribution in [1.82, 2.24) is 10.2 Å². The molecular weight excluding hydrogens is 585 g/mol. The number of benzene rings is 3. The van der Waals surface area contributed by atoms with Crippen molar-refractivity contribution in [3.8, 4) is 11.5 Å². The van der Waals surface area contributed by atoms with Crippen LogP contribution in [0.1, 0.15) is 26.3 Å². The van der Waals surface area contributed by atoms with Crippen molar-refractivity contribution in [2.24, 2.45) is 5.92 Å². The average molecular weight is 620 g/mol. The molecule has 0 spiro atoms. The molecule has 0 aliphatic heterocycles. The third-order valence-electron chi connectivity index (χ3n) is 6.45. The second kappa shape index (κ2) is 14.4. The van der Waals surface area contributed by atoms with Crippen molar-refractivity contribution in [1.29, 1.82) is 0 Å². The molecule has 3 aromatic rings. The summed E-state index contributed by atoms with van der Waals surface area (Å²) in [6.07, 6.45) is 0. The fourth-order valence-electron chi connectivity index (χ4n) is 4.06. The van der Waals surface area contributed by atoms with Crippen LogP contribution in [0.15, 0.2) is 71.6 Å². The van der Waals surface area contributed by atoms with E-state index >= 15 is 0 Å². The Kier molecular flexibility index (Phi) is 11.2. The number of amides is 2. The summed E-state index contributed by atoms with van der Waals surface area (Å²) in [6, 6.07) is 14.7.